The third-order valence-corrected chi connectivity index (χ3v) is 6.76. The predicted octanol–water partition coefficient (Wildman–Crippen LogP) is 2.49. The maximum atomic E-state index is 13.0. The molecule has 33 heavy (non-hydrogen) atoms. The lowest BCUT2D eigenvalue weighted by Crippen LogP contribution is -2.64. The molecule has 4 rings (SSSR count). The molecule has 178 valence electrons. The summed E-state index contributed by atoms with van der Waals surface area (Å²) in [7, 11) is -2.88. The average Bonchev–Trinajstić information content (AvgIpc) is 2.80. The van der Waals surface area contributed by atoms with Crippen molar-refractivity contribution < 1.29 is 41.1 Å². The summed E-state index contributed by atoms with van der Waals surface area (Å²) in [5, 5.41) is 0. The first kappa shape index (κ1) is 23.8. The highest BCUT2D eigenvalue weighted by atomic mass is 32.2. The first-order valence-electron chi connectivity index (χ1n) is 10.5. The first-order chi connectivity index (χ1) is 15.8. The van der Waals surface area contributed by atoms with Gasteiger partial charge in [0, 0.05) is 19.6 Å². The van der Waals surface area contributed by atoms with Crippen LogP contribution in [-0.2, 0) is 42.8 Å². The first-order valence-corrected chi connectivity index (χ1v) is 11.9. The van der Waals surface area contributed by atoms with E-state index in [2.05, 4.69) is 0 Å². The SMILES string of the molecule is COC1OC2COC(c3ccccc3)O[C@H]2[C@H](OC(C)=O)[C@H]1OS(=O)(=O)c1ccc(C)cc1. The monoisotopic (exact) mass is 478 g/mol. The molecular weight excluding hydrogens is 452 g/mol. The number of hydrogen-bond acceptors (Lipinski definition) is 9. The lowest BCUT2D eigenvalue weighted by Gasteiger charge is -2.47. The van der Waals surface area contributed by atoms with Gasteiger partial charge in [0.15, 0.2) is 24.8 Å². The fourth-order valence-electron chi connectivity index (χ4n) is 3.85. The molecule has 0 aromatic heterocycles. The number of hydrogen-bond donors (Lipinski definition) is 0. The smallest absolute Gasteiger partial charge is 0.303 e. The molecule has 2 aromatic carbocycles. The Kier molecular flexibility index (Phi) is 7.13. The molecule has 0 N–H and O–H groups in total. The summed E-state index contributed by atoms with van der Waals surface area (Å²) < 4.78 is 60.2. The average molecular weight is 479 g/mol. The summed E-state index contributed by atoms with van der Waals surface area (Å²) in [6.07, 6.45) is -5.83. The van der Waals surface area contributed by atoms with Crippen LogP contribution in [0, 0.1) is 6.92 Å². The van der Waals surface area contributed by atoms with Gasteiger partial charge in [0.25, 0.3) is 10.1 Å². The minimum Gasteiger partial charge on any atom is -0.457 e. The van der Waals surface area contributed by atoms with Gasteiger partial charge in [-0.1, -0.05) is 48.0 Å². The van der Waals surface area contributed by atoms with Crippen molar-refractivity contribution >= 4 is 16.1 Å². The molecule has 0 saturated carbocycles. The van der Waals surface area contributed by atoms with Crippen molar-refractivity contribution in [2.24, 2.45) is 0 Å². The number of carbonyl (C=O) groups is 1. The van der Waals surface area contributed by atoms with E-state index in [-0.39, 0.29) is 11.5 Å². The number of ether oxygens (including phenoxy) is 5. The van der Waals surface area contributed by atoms with E-state index in [4.69, 9.17) is 27.9 Å². The van der Waals surface area contributed by atoms with Gasteiger partial charge in [-0.3, -0.25) is 8.98 Å². The second kappa shape index (κ2) is 9.88. The maximum Gasteiger partial charge on any atom is 0.303 e. The van der Waals surface area contributed by atoms with Gasteiger partial charge >= 0.3 is 5.97 Å². The number of aryl methyl sites for hydroxylation is 1. The predicted molar refractivity (Wildman–Crippen MR) is 114 cm³/mol. The van der Waals surface area contributed by atoms with E-state index < -0.39 is 53.1 Å². The van der Waals surface area contributed by atoms with Gasteiger partial charge in [0.2, 0.25) is 0 Å². The zero-order chi connectivity index (χ0) is 23.6. The Labute approximate surface area is 192 Å². The molecule has 2 aromatic rings. The molecule has 3 unspecified atom stereocenters. The van der Waals surface area contributed by atoms with E-state index in [1.807, 2.05) is 37.3 Å². The molecule has 2 fully saturated rings. The summed E-state index contributed by atoms with van der Waals surface area (Å²) in [6.45, 7) is 3.20. The summed E-state index contributed by atoms with van der Waals surface area (Å²) >= 11 is 0. The van der Waals surface area contributed by atoms with E-state index in [1.165, 1.54) is 26.2 Å². The van der Waals surface area contributed by atoms with Crippen molar-refractivity contribution in [3.8, 4) is 0 Å². The van der Waals surface area contributed by atoms with Crippen molar-refractivity contribution in [1.82, 2.24) is 0 Å². The van der Waals surface area contributed by atoms with Crippen LogP contribution in [0.3, 0.4) is 0 Å². The van der Waals surface area contributed by atoms with Crippen LogP contribution in [0.1, 0.15) is 24.3 Å². The van der Waals surface area contributed by atoms with Gasteiger partial charge < -0.3 is 23.7 Å². The van der Waals surface area contributed by atoms with Crippen molar-refractivity contribution in [3.63, 3.8) is 0 Å². The highest BCUT2D eigenvalue weighted by Gasteiger charge is 2.54. The van der Waals surface area contributed by atoms with E-state index in [0.29, 0.717) is 0 Å². The Balaban J connectivity index is 1.64. The molecule has 2 aliphatic heterocycles. The third kappa shape index (κ3) is 5.26. The number of methoxy groups -OCH3 is 1. The maximum absolute atomic E-state index is 13.0. The lowest BCUT2D eigenvalue weighted by atomic mass is 9.97. The lowest BCUT2D eigenvalue weighted by molar-refractivity contribution is -0.355. The molecular formula is C23H26O9S. The van der Waals surface area contributed by atoms with Crippen LogP contribution in [0.2, 0.25) is 0 Å². The van der Waals surface area contributed by atoms with E-state index in [9.17, 15) is 13.2 Å². The van der Waals surface area contributed by atoms with Gasteiger partial charge in [-0.25, -0.2) is 0 Å². The molecule has 10 heteroatoms. The molecule has 0 spiro atoms. The summed E-state index contributed by atoms with van der Waals surface area (Å²) in [6, 6.07) is 15.4. The van der Waals surface area contributed by atoms with Gasteiger partial charge in [0.05, 0.1) is 11.5 Å². The molecule has 0 amide bonds. The van der Waals surface area contributed by atoms with Crippen molar-refractivity contribution in [1.29, 1.82) is 0 Å². The zero-order valence-electron chi connectivity index (χ0n) is 18.4. The molecule has 2 saturated heterocycles. The second-order valence-corrected chi connectivity index (χ2v) is 9.43. The Morgan fingerprint density at radius 2 is 1.70 bits per heavy atom. The topological polar surface area (TPSA) is 107 Å². The quantitative estimate of drug-likeness (QED) is 0.457. The Morgan fingerprint density at radius 3 is 2.33 bits per heavy atom. The molecule has 9 nitrogen and oxygen atoms in total. The number of fused-ring (bicyclic) bond motifs is 1. The summed E-state index contributed by atoms with van der Waals surface area (Å²) in [5.74, 6) is -0.622. The third-order valence-electron chi connectivity index (χ3n) is 5.44. The van der Waals surface area contributed by atoms with Gasteiger partial charge in [-0.15, -0.1) is 0 Å². The Bertz CT molecular complexity index is 1060. The molecule has 2 aliphatic rings. The van der Waals surface area contributed by atoms with E-state index in [1.54, 1.807) is 12.1 Å². The highest BCUT2D eigenvalue weighted by molar-refractivity contribution is 7.86. The largest absolute Gasteiger partial charge is 0.457 e. The highest BCUT2D eigenvalue weighted by Crippen LogP contribution is 2.37. The molecule has 2 heterocycles. The zero-order valence-corrected chi connectivity index (χ0v) is 19.3. The Hall–Kier alpha value is -2.34. The van der Waals surface area contributed by atoms with Crippen LogP contribution >= 0.6 is 0 Å². The molecule has 0 radical (unpaired) electrons. The fraction of sp³-hybridized carbons (Fsp3) is 0.435. The number of rotatable bonds is 6. The summed E-state index contributed by atoms with van der Waals surface area (Å²) in [4.78, 5) is 11.9. The standard InChI is InChI=1S/C23H26O9S/c1-14-9-11-17(12-10-14)33(25,26)32-21-20(29-15(2)24)19-18(30-23(21)27-3)13-28-22(31-19)16-7-5-4-6-8-16/h4-12,18-23H,13H2,1-3H3/t18?,19-,20+,21-,22?,23?/m1/s1. The van der Waals surface area contributed by atoms with Crippen molar-refractivity contribution in [2.45, 2.75) is 55.7 Å². The normalized spacial score (nSPS) is 29.8. The van der Waals surface area contributed by atoms with Crippen LogP contribution < -0.4 is 0 Å². The van der Waals surface area contributed by atoms with Crippen molar-refractivity contribution in [3.05, 3.63) is 65.7 Å². The summed E-state index contributed by atoms with van der Waals surface area (Å²) in [5.41, 5.74) is 1.66. The van der Waals surface area contributed by atoms with Gasteiger partial charge in [-0.05, 0) is 19.1 Å². The van der Waals surface area contributed by atoms with Crippen LogP contribution in [0.25, 0.3) is 0 Å². The molecule has 0 aliphatic carbocycles. The van der Waals surface area contributed by atoms with Crippen molar-refractivity contribution in [2.75, 3.05) is 13.7 Å². The van der Waals surface area contributed by atoms with E-state index >= 15 is 0 Å². The number of benzene rings is 2. The molecule has 6 atom stereocenters. The number of esters is 1. The fourth-order valence-corrected chi connectivity index (χ4v) is 4.92. The van der Waals surface area contributed by atoms with Crippen LogP contribution in [0.15, 0.2) is 59.5 Å². The minimum absolute atomic E-state index is 0.0401. The van der Waals surface area contributed by atoms with Crippen LogP contribution in [-0.4, -0.2) is 58.8 Å². The molecule has 0 bridgehead atoms. The second-order valence-electron chi connectivity index (χ2n) is 7.86. The Morgan fingerprint density at radius 1 is 1.00 bits per heavy atom. The minimum atomic E-state index is -4.23. The van der Waals surface area contributed by atoms with Gasteiger partial charge in [-0.2, -0.15) is 8.42 Å². The number of carbonyl (C=O) groups excluding carboxylic acids is 1. The van der Waals surface area contributed by atoms with Gasteiger partial charge in [0.1, 0.15) is 12.2 Å². The van der Waals surface area contributed by atoms with E-state index in [0.717, 1.165) is 11.1 Å². The van der Waals surface area contributed by atoms with Crippen LogP contribution in [0.5, 0.6) is 0 Å². The van der Waals surface area contributed by atoms with Crippen LogP contribution in [0.4, 0.5) is 0 Å².